The van der Waals surface area contributed by atoms with Crippen molar-refractivity contribution in [2.75, 3.05) is 20.7 Å². The van der Waals surface area contributed by atoms with Gasteiger partial charge in [0.05, 0.1) is 7.11 Å². The van der Waals surface area contributed by atoms with Gasteiger partial charge in [-0.3, -0.25) is 0 Å². The number of amidine groups is 1. The van der Waals surface area contributed by atoms with E-state index in [1.54, 1.807) is 0 Å². The summed E-state index contributed by atoms with van der Waals surface area (Å²) in [6.07, 6.45) is 6.91. The molecule has 2 aliphatic rings. The number of rotatable bonds is 4. The highest BCUT2D eigenvalue weighted by Gasteiger charge is 2.37. The number of hydrogen-bond acceptors (Lipinski definition) is 5. The average Bonchev–Trinajstić information content (AvgIpc) is 2.42. The highest BCUT2D eigenvalue weighted by Crippen LogP contribution is 2.42. The molecule has 20 heavy (non-hydrogen) atoms. The SMILES string of the molecule is COC(=O)C1=CCCC(N(C)CCC2(C)CC(N)C2)=N1. The second-order valence-electron chi connectivity index (χ2n) is 6.30. The van der Waals surface area contributed by atoms with Gasteiger partial charge in [0.2, 0.25) is 0 Å². The molecule has 0 saturated heterocycles. The number of nitrogens with zero attached hydrogens (tertiary/aromatic N) is 2. The first-order chi connectivity index (χ1) is 9.43. The predicted octanol–water partition coefficient (Wildman–Crippen LogP) is 1.68. The number of carbonyl (C=O) groups excluding carboxylic acids is 1. The molecule has 0 aromatic carbocycles. The van der Waals surface area contributed by atoms with Gasteiger partial charge in [-0.1, -0.05) is 13.0 Å². The highest BCUT2D eigenvalue weighted by atomic mass is 16.5. The number of allylic oxidation sites excluding steroid dienone is 1. The Bertz CT molecular complexity index is 436. The normalized spacial score (nSPS) is 29.1. The number of aliphatic imine (C=N–C) groups is 1. The Morgan fingerprint density at radius 3 is 2.90 bits per heavy atom. The zero-order valence-electron chi connectivity index (χ0n) is 12.7. The van der Waals surface area contributed by atoms with Crippen LogP contribution in [0.5, 0.6) is 0 Å². The van der Waals surface area contributed by atoms with E-state index < -0.39 is 0 Å². The Hall–Kier alpha value is -1.36. The molecule has 0 atom stereocenters. The molecule has 1 heterocycles. The predicted molar refractivity (Wildman–Crippen MR) is 79.3 cm³/mol. The average molecular weight is 279 g/mol. The Balaban J connectivity index is 1.89. The van der Waals surface area contributed by atoms with Gasteiger partial charge in [-0.15, -0.1) is 0 Å². The van der Waals surface area contributed by atoms with Gasteiger partial charge in [-0.05, 0) is 31.1 Å². The van der Waals surface area contributed by atoms with Crippen molar-refractivity contribution in [3.63, 3.8) is 0 Å². The standard InChI is InChI=1S/C15H25N3O2/c1-15(9-11(16)10-15)7-8-18(2)13-6-4-5-12(17-13)14(19)20-3/h5,11H,4,6-10,16H2,1-3H3. The van der Waals surface area contributed by atoms with Crippen molar-refractivity contribution in [3.8, 4) is 0 Å². The molecule has 1 aliphatic carbocycles. The molecule has 112 valence electrons. The number of methoxy groups -OCH3 is 1. The van der Waals surface area contributed by atoms with Gasteiger partial charge in [-0.25, -0.2) is 9.79 Å². The third-order valence-corrected chi connectivity index (χ3v) is 4.35. The van der Waals surface area contributed by atoms with Crippen LogP contribution >= 0.6 is 0 Å². The van der Waals surface area contributed by atoms with Gasteiger partial charge in [0.1, 0.15) is 11.5 Å². The van der Waals surface area contributed by atoms with Gasteiger partial charge < -0.3 is 15.4 Å². The second kappa shape index (κ2) is 5.95. The van der Waals surface area contributed by atoms with Gasteiger partial charge in [0.15, 0.2) is 0 Å². The molecule has 2 rings (SSSR count). The summed E-state index contributed by atoms with van der Waals surface area (Å²) in [5.41, 5.74) is 6.68. The molecular weight excluding hydrogens is 254 g/mol. The molecule has 0 aromatic rings. The van der Waals surface area contributed by atoms with Crippen LogP contribution in [0.25, 0.3) is 0 Å². The molecule has 1 aliphatic heterocycles. The highest BCUT2D eigenvalue weighted by molar-refractivity contribution is 5.94. The number of carbonyl (C=O) groups is 1. The van der Waals surface area contributed by atoms with Crippen molar-refractivity contribution in [1.29, 1.82) is 0 Å². The first-order valence-electron chi connectivity index (χ1n) is 7.26. The summed E-state index contributed by atoms with van der Waals surface area (Å²) < 4.78 is 4.72. The van der Waals surface area contributed by atoms with Crippen molar-refractivity contribution in [3.05, 3.63) is 11.8 Å². The minimum atomic E-state index is -0.354. The second-order valence-corrected chi connectivity index (χ2v) is 6.30. The summed E-state index contributed by atoms with van der Waals surface area (Å²) in [5.74, 6) is 0.618. The lowest BCUT2D eigenvalue weighted by molar-refractivity contribution is -0.136. The monoisotopic (exact) mass is 279 g/mol. The third kappa shape index (κ3) is 3.39. The summed E-state index contributed by atoms with van der Waals surface area (Å²) in [6, 6.07) is 0.381. The van der Waals surface area contributed by atoms with E-state index in [4.69, 9.17) is 10.5 Å². The molecular formula is C15H25N3O2. The minimum absolute atomic E-state index is 0.354. The van der Waals surface area contributed by atoms with E-state index in [9.17, 15) is 4.79 Å². The maximum atomic E-state index is 11.5. The quantitative estimate of drug-likeness (QED) is 0.795. The van der Waals surface area contributed by atoms with Crippen LogP contribution in [0.3, 0.4) is 0 Å². The van der Waals surface area contributed by atoms with E-state index in [1.807, 2.05) is 13.1 Å². The fourth-order valence-electron chi connectivity index (χ4n) is 3.07. The lowest BCUT2D eigenvalue weighted by atomic mass is 9.65. The van der Waals surface area contributed by atoms with Crippen LogP contribution in [0.1, 0.15) is 39.0 Å². The Morgan fingerprint density at radius 2 is 2.30 bits per heavy atom. The van der Waals surface area contributed by atoms with Gasteiger partial charge in [-0.2, -0.15) is 0 Å². The van der Waals surface area contributed by atoms with Crippen LogP contribution in [0.15, 0.2) is 16.8 Å². The topological polar surface area (TPSA) is 67.9 Å². The molecule has 0 aromatic heterocycles. The van der Waals surface area contributed by atoms with Crippen LogP contribution in [0.2, 0.25) is 0 Å². The first kappa shape index (κ1) is 15.0. The molecule has 2 N–H and O–H groups in total. The van der Waals surface area contributed by atoms with Gasteiger partial charge in [0, 0.05) is 26.1 Å². The molecule has 0 unspecified atom stereocenters. The van der Waals surface area contributed by atoms with Crippen LogP contribution in [0, 0.1) is 5.41 Å². The lowest BCUT2D eigenvalue weighted by Crippen LogP contribution is -2.46. The Labute approximate surface area is 120 Å². The summed E-state index contributed by atoms with van der Waals surface area (Å²) in [6.45, 7) is 3.25. The van der Waals surface area contributed by atoms with Crippen LogP contribution in [0.4, 0.5) is 0 Å². The molecule has 0 spiro atoms. The van der Waals surface area contributed by atoms with Crippen LogP contribution in [-0.2, 0) is 9.53 Å². The number of hydrogen-bond donors (Lipinski definition) is 1. The van der Waals surface area contributed by atoms with Crippen molar-refractivity contribution in [1.82, 2.24) is 4.90 Å². The fourth-order valence-corrected chi connectivity index (χ4v) is 3.07. The zero-order valence-corrected chi connectivity index (χ0v) is 12.7. The lowest BCUT2D eigenvalue weighted by Gasteiger charge is -2.44. The van der Waals surface area contributed by atoms with E-state index in [1.165, 1.54) is 7.11 Å². The van der Waals surface area contributed by atoms with Crippen molar-refractivity contribution >= 4 is 11.8 Å². The number of ether oxygens (including phenoxy) is 1. The summed E-state index contributed by atoms with van der Waals surface area (Å²) in [4.78, 5) is 18.1. The fraction of sp³-hybridized carbons (Fsp3) is 0.733. The minimum Gasteiger partial charge on any atom is -0.464 e. The van der Waals surface area contributed by atoms with Gasteiger partial charge >= 0.3 is 5.97 Å². The maximum Gasteiger partial charge on any atom is 0.356 e. The third-order valence-electron chi connectivity index (χ3n) is 4.35. The smallest absolute Gasteiger partial charge is 0.356 e. The summed E-state index contributed by atoms with van der Waals surface area (Å²) in [7, 11) is 3.43. The van der Waals surface area contributed by atoms with Gasteiger partial charge in [0.25, 0.3) is 0 Å². The van der Waals surface area contributed by atoms with E-state index in [2.05, 4.69) is 16.8 Å². The van der Waals surface area contributed by atoms with Crippen molar-refractivity contribution in [2.45, 2.75) is 45.1 Å². The zero-order chi connectivity index (χ0) is 14.8. The molecule has 1 fully saturated rings. The summed E-state index contributed by atoms with van der Waals surface area (Å²) in [5, 5.41) is 0. The summed E-state index contributed by atoms with van der Waals surface area (Å²) >= 11 is 0. The Morgan fingerprint density at radius 1 is 1.60 bits per heavy atom. The number of esters is 1. The molecule has 5 heteroatoms. The van der Waals surface area contributed by atoms with E-state index >= 15 is 0 Å². The molecule has 0 bridgehead atoms. The van der Waals surface area contributed by atoms with E-state index in [-0.39, 0.29) is 5.97 Å². The molecule has 1 saturated carbocycles. The maximum absolute atomic E-state index is 11.5. The molecule has 0 amide bonds. The number of nitrogens with two attached hydrogens (primary N) is 1. The van der Waals surface area contributed by atoms with Crippen molar-refractivity contribution in [2.24, 2.45) is 16.1 Å². The first-order valence-corrected chi connectivity index (χ1v) is 7.26. The molecule has 5 nitrogen and oxygen atoms in total. The van der Waals surface area contributed by atoms with E-state index in [0.29, 0.717) is 17.2 Å². The largest absolute Gasteiger partial charge is 0.464 e. The van der Waals surface area contributed by atoms with E-state index in [0.717, 1.165) is 44.5 Å². The Kier molecular flexibility index (Phi) is 4.48. The van der Waals surface area contributed by atoms with Crippen LogP contribution in [-0.4, -0.2) is 43.4 Å². The van der Waals surface area contributed by atoms with Crippen molar-refractivity contribution < 1.29 is 9.53 Å². The van der Waals surface area contributed by atoms with Crippen LogP contribution < -0.4 is 5.73 Å². The molecule has 0 radical (unpaired) electrons.